The summed E-state index contributed by atoms with van der Waals surface area (Å²) in [4.78, 5) is 0. The molecule has 0 heterocycles. The number of halogens is 2. The summed E-state index contributed by atoms with van der Waals surface area (Å²) in [6, 6.07) is 18.5. The van der Waals surface area contributed by atoms with Gasteiger partial charge in [0.1, 0.15) is 0 Å². The van der Waals surface area contributed by atoms with Crippen molar-refractivity contribution in [2.45, 2.75) is 33.6 Å². The molecule has 2 nitrogen and oxygen atoms in total. The summed E-state index contributed by atoms with van der Waals surface area (Å²) in [5.74, 6) is 3.48. The monoisotopic (exact) mass is 452 g/mol. The average molecular weight is 453 g/mol. The van der Waals surface area contributed by atoms with Crippen LogP contribution in [-0.2, 0) is 17.0 Å². The van der Waals surface area contributed by atoms with Gasteiger partial charge in [-0.15, -0.1) is 5.69 Å². The Bertz CT molecular complexity index is 710. The average Bonchev–Trinajstić information content (AvgIpc) is 2.87. The van der Waals surface area contributed by atoms with Gasteiger partial charge in [0.05, 0.1) is 0 Å². The molecule has 0 N–H and O–H groups in total. The molecule has 2 aromatic carbocycles. The van der Waals surface area contributed by atoms with E-state index >= 15 is 0 Å². The molecule has 1 aliphatic rings. The van der Waals surface area contributed by atoms with Crippen LogP contribution in [0.15, 0.2) is 59.7 Å². The Hall–Kier alpha value is -0.796. The van der Waals surface area contributed by atoms with E-state index in [0.717, 1.165) is 17.5 Å². The second-order valence-corrected chi connectivity index (χ2v) is 9.92. The van der Waals surface area contributed by atoms with E-state index in [1.165, 1.54) is 11.1 Å². The molecule has 152 valence electrons. The molecule has 0 spiro atoms. The molecule has 3 rings (SSSR count). The van der Waals surface area contributed by atoms with Gasteiger partial charge in [0, 0.05) is 6.21 Å². The summed E-state index contributed by atoms with van der Waals surface area (Å²) in [5, 5.41) is 4.33. The minimum atomic E-state index is -0.556. The van der Waals surface area contributed by atoms with Crippen LogP contribution in [0.5, 0.6) is 0 Å². The van der Waals surface area contributed by atoms with E-state index in [1.54, 1.807) is 0 Å². The predicted octanol–water partition coefficient (Wildman–Crippen LogP) is 8.19. The summed E-state index contributed by atoms with van der Waals surface area (Å²) in [6.45, 7) is 9.59. The predicted molar refractivity (Wildman–Crippen MR) is 121 cm³/mol. The molecule has 0 radical (unpaired) electrons. The number of hydrogen-bond acceptors (Lipinski definition) is 1. The molecule has 0 bridgehead atoms. The second kappa shape index (κ2) is 12.7. The third kappa shape index (κ3) is 6.35. The normalized spacial score (nSPS) is 26.1. The number of nitrogens with zero attached hydrogens (tertiary/aromatic N) is 2. The fourth-order valence-corrected chi connectivity index (χ4v) is 4.24. The first-order valence-electron chi connectivity index (χ1n) is 9.35. The molecule has 0 aromatic heterocycles. The number of benzene rings is 2. The summed E-state index contributed by atoms with van der Waals surface area (Å²) >= 11 is -0.556. The minimum absolute atomic E-state index is 0. The van der Waals surface area contributed by atoms with Crippen LogP contribution in [-0.4, -0.2) is 6.21 Å². The first-order chi connectivity index (χ1) is 13.0. The van der Waals surface area contributed by atoms with Crippen molar-refractivity contribution in [1.29, 1.82) is 0 Å². The van der Waals surface area contributed by atoms with E-state index < -0.39 is 17.0 Å². The summed E-state index contributed by atoms with van der Waals surface area (Å²) in [6.07, 6.45) is 1.91. The molecular formula is C23H30Cl2N2Ti-2. The Morgan fingerprint density at radius 2 is 1.32 bits per heavy atom. The van der Waals surface area contributed by atoms with Gasteiger partial charge in [-0.3, -0.25) is 0 Å². The van der Waals surface area contributed by atoms with Crippen molar-refractivity contribution in [3.63, 3.8) is 0 Å². The van der Waals surface area contributed by atoms with E-state index in [0.29, 0.717) is 17.8 Å². The van der Waals surface area contributed by atoms with E-state index in [9.17, 15) is 0 Å². The van der Waals surface area contributed by atoms with Crippen LogP contribution in [0.4, 0.5) is 5.69 Å². The summed E-state index contributed by atoms with van der Waals surface area (Å²) < 4.78 is 0. The standard InChI is InChI=1S/C22H27N2.CH3.2ClH.Ti/c1-15-16(2)18(4)22(17(15)3)21-13-9-8-10-19(21)14-23-24-20-11-6-5-7-12-20;;;;/h5-18,22H,1-4H3;1H3;2*1H;/q2*-1;;;+2/p-2/b23-14+;;;;. The molecule has 4 atom stereocenters. The molecule has 5 heteroatoms. The fraction of sp³-hybridized carbons (Fsp3) is 0.391. The molecule has 0 saturated heterocycles. The van der Waals surface area contributed by atoms with Crippen molar-refractivity contribution >= 4 is 30.5 Å². The van der Waals surface area contributed by atoms with Gasteiger partial charge in [0.25, 0.3) is 0 Å². The molecule has 0 amide bonds. The van der Waals surface area contributed by atoms with Gasteiger partial charge in [-0.25, -0.2) is 0 Å². The molecule has 1 saturated carbocycles. The topological polar surface area (TPSA) is 26.5 Å². The Labute approximate surface area is 187 Å². The van der Waals surface area contributed by atoms with Crippen molar-refractivity contribution in [2.75, 3.05) is 0 Å². The van der Waals surface area contributed by atoms with Gasteiger partial charge in [0.15, 0.2) is 0 Å². The van der Waals surface area contributed by atoms with Crippen molar-refractivity contribution < 1.29 is 17.0 Å². The first-order valence-corrected chi connectivity index (χ1v) is 13.6. The van der Waals surface area contributed by atoms with Crippen LogP contribution in [0.2, 0.25) is 0 Å². The maximum absolute atomic E-state index is 4.89. The van der Waals surface area contributed by atoms with Gasteiger partial charge in [-0.05, 0) is 40.7 Å². The fourth-order valence-electron chi connectivity index (χ4n) is 4.24. The zero-order valence-electron chi connectivity index (χ0n) is 17.3. The molecule has 4 unspecified atom stereocenters. The van der Waals surface area contributed by atoms with Gasteiger partial charge in [-0.1, -0.05) is 82.3 Å². The Morgan fingerprint density at radius 3 is 1.89 bits per heavy atom. The van der Waals surface area contributed by atoms with E-state index in [1.807, 2.05) is 36.5 Å². The van der Waals surface area contributed by atoms with Crippen molar-refractivity contribution in [3.05, 3.63) is 78.6 Å². The summed E-state index contributed by atoms with van der Waals surface area (Å²) in [5.41, 5.74) is 7.81. The van der Waals surface area contributed by atoms with E-state index in [2.05, 4.69) is 62.5 Å². The molecule has 0 aliphatic heterocycles. The van der Waals surface area contributed by atoms with Crippen LogP contribution in [0, 0.1) is 31.1 Å². The summed E-state index contributed by atoms with van der Waals surface area (Å²) in [7, 11) is 9.78. The Kier molecular flexibility index (Phi) is 11.4. The maximum atomic E-state index is 4.89. The van der Waals surface area contributed by atoms with Gasteiger partial charge in [-0.2, -0.15) is 0 Å². The van der Waals surface area contributed by atoms with Crippen molar-refractivity contribution in [1.82, 2.24) is 0 Å². The quantitative estimate of drug-likeness (QED) is 0.193. The Balaban J connectivity index is 0.000000921. The SMILES string of the molecule is CC1C(C)C(C)C(c2ccccc2/C=N/[N-]c2ccccc2)C1C.[CH3-].[Cl][Ti][Cl]. The van der Waals surface area contributed by atoms with Crippen LogP contribution < -0.4 is 0 Å². The van der Waals surface area contributed by atoms with Crippen LogP contribution in [0.25, 0.3) is 5.43 Å². The van der Waals surface area contributed by atoms with Crippen LogP contribution in [0.3, 0.4) is 0 Å². The van der Waals surface area contributed by atoms with Gasteiger partial charge in [0.2, 0.25) is 0 Å². The zero-order chi connectivity index (χ0) is 19.8. The molecule has 2 aromatic rings. The van der Waals surface area contributed by atoms with Crippen molar-refractivity contribution in [3.8, 4) is 0 Å². The van der Waals surface area contributed by atoms with E-state index in [-0.39, 0.29) is 7.43 Å². The van der Waals surface area contributed by atoms with Crippen molar-refractivity contribution in [2.24, 2.45) is 28.8 Å². The van der Waals surface area contributed by atoms with Crippen LogP contribution in [0.1, 0.15) is 44.7 Å². The van der Waals surface area contributed by atoms with Gasteiger partial charge >= 0.3 is 35.6 Å². The van der Waals surface area contributed by atoms with E-state index in [4.69, 9.17) is 18.6 Å². The van der Waals surface area contributed by atoms with Crippen LogP contribution >= 0.6 is 18.6 Å². The molecule has 28 heavy (non-hydrogen) atoms. The third-order valence-electron chi connectivity index (χ3n) is 6.10. The molecule has 1 fully saturated rings. The Morgan fingerprint density at radius 1 is 0.821 bits per heavy atom. The molecular weight excluding hydrogens is 423 g/mol. The third-order valence-corrected chi connectivity index (χ3v) is 6.10. The number of rotatable bonds is 4. The second-order valence-electron chi connectivity index (χ2n) is 7.34. The first kappa shape index (κ1) is 25.2. The number of hydrogen-bond donors (Lipinski definition) is 0. The van der Waals surface area contributed by atoms with Gasteiger partial charge < -0.3 is 18.0 Å². The zero-order valence-corrected chi connectivity index (χ0v) is 20.4. The molecule has 1 aliphatic carbocycles.